The quantitative estimate of drug-likeness (QED) is 0.622. The number of anilines is 1. The predicted molar refractivity (Wildman–Crippen MR) is 90.1 cm³/mol. The molecule has 0 aromatic heterocycles. The van der Waals surface area contributed by atoms with Crippen LogP contribution in [0.15, 0.2) is 65.1 Å². The fraction of sp³-hybridized carbons (Fsp3) is 0.111. The smallest absolute Gasteiger partial charge is 0.146 e. The van der Waals surface area contributed by atoms with Crippen LogP contribution in [0.4, 0.5) is 10.1 Å². The molecule has 1 atom stereocenters. The zero-order valence-corrected chi connectivity index (χ0v) is 13.2. The van der Waals surface area contributed by atoms with E-state index in [1.807, 2.05) is 19.1 Å². The van der Waals surface area contributed by atoms with Crippen molar-refractivity contribution in [2.75, 3.05) is 5.32 Å². The third-order valence-corrected chi connectivity index (χ3v) is 4.07. The SMILES string of the molecule is CC(Nc1cc(Br)ccc1F)c1ccc2ccccc2c1. The molecular weight excluding hydrogens is 329 g/mol. The number of halogens is 2. The lowest BCUT2D eigenvalue weighted by molar-refractivity contribution is 0.627. The average molecular weight is 344 g/mol. The summed E-state index contributed by atoms with van der Waals surface area (Å²) in [4.78, 5) is 0. The highest BCUT2D eigenvalue weighted by Gasteiger charge is 2.09. The van der Waals surface area contributed by atoms with Gasteiger partial charge in [-0.1, -0.05) is 52.3 Å². The van der Waals surface area contributed by atoms with Gasteiger partial charge < -0.3 is 5.32 Å². The van der Waals surface area contributed by atoms with E-state index in [1.54, 1.807) is 12.1 Å². The molecule has 3 heteroatoms. The van der Waals surface area contributed by atoms with Crippen LogP contribution < -0.4 is 5.32 Å². The van der Waals surface area contributed by atoms with Gasteiger partial charge in [-0.25, -0.2) is 4.39 Å². The second-order valence-electron chi connectivity index (χ2n) is 5.10. The van der Waals surface area contributed by atoms with Gasteiger partial charge in [0.05, 0.1) is 5.69 Å². The van der Waals surface area contributed by atoms with Crippen molar-refractivity contribution in [3.8, 4) is 0 Å². The highest BCUT2D eigenvalue weighted by molar-refractivity contribution is 9.10. The molecule has 0 saturated carbocycles. The molecule has 3 aromatic rings. The van der Waals surface area contributed by atoms with Crippen molar-refractivity contribution in [3.63, 3.8) is 0 Å². The fourth-order valence-corrected chi connectivity index (χ4v) is 2.76. The molecule has 1 nitrogen and oxygen atoms in total. The number of benzene rings is 3. The predicted octanol–water partition coefficient (Wildman–Crippen LogP) is 5.91. The molecule has 0 aliphatic rings. The Morgan fingerprint density at radius 3 is 2.52 bits per heavy atom. The number of hydrogen-bond donors (Lipinski definition) is 1. The number of rotatable bonds is 3. The Labute approximate surface area is 131 Å². The molecule has 0 bridgehead atoms. The molecule has 0 aliphatic heterocycles. The maximum Gasteiger partial charge on any atom is 0.146 e. The van der Waals surface area contributed by atoms with Gasteiger partial charge in [-0.3, -0.25) is 0 Å². The minimum atomic E-state index is -0.245. The molecule has 0 spiro atoms. The molecule has 106 valence electrons. The van der Waals surface area contributed by atoms with Gasteiger partial charge in [0.2, 0.25) is 0 Å². The van der Waals surface area contributed by atoms with E-state index >= 15 is 0 Å². The molecule has 0 saturated heterocycles. The lowest BCUT2D eigenvalue weighted by Gasteiger charge is -2.17. The Balaban J connectivity index is 1.89. The van der Waals surface area contributed by atoms with Crippen LogP contribution in [0.25, 0.3) is 10.8 Å². The maximum atomic E-state index is 13.8. The monoisotopic (exact) mass is 343 g/mol. The van der Waals surface area contributed by atoms with E-state index in [2.05, 4.69) is 51.6 Å². The van der Waals surface area contributed by atoms with Crippen LogP contribution in [0.1, 0.15) is 18.5 Å². The zero-order valence-electron chi connectivity index (χ0n) is 11.6. The van der Waals surface area contributed by atoms with Crippen molar-refractivity contribution < 1.29 is 4.39 Å². The van der Waals surface area contributed by atoms with Crippen molar-refractivity contribution in [2.24, 2.45) is 0 Å². The van der Waals surface area contributed by atoms with E-state index in [4.69, 9.17) is 0 Å². The van der Waals surface area contributed by atoms with Crippen LogP contribution in [0.3, 0.4) is 0 Å². The van der Waals surface area contributed by atoms with Crippen LogP contribution >= 0.6 is 15.9 Å². The lowest BCUT2D eigenvalue weighted by atomic mass is 10.0. The van der Waals surface area contributed by atoms with E-state index in [1.165, 1.54) is 16.8 Å². The Kier molecular flexibility index (Phi) is 3.93. The summed E-state index contributed by atoms with van der Waals surface area (Å²) in [5.41, 5.74) is 1.64. The third-order valence-electron chi connectivity index (χ3n) is 3.57. The van der Waals surface area contributed by atoms with Crippen LogP contribution in [0, 0.1) is 5.82 Å². The van der Waals surface area contributed by atoms with Gasteiger partial charge in [0.1, 0.15) is 5.82 Å². The largest absolute Gasteiger partial charge is 0.376 e. The van der Waals surface area contributed by atoms with Gasteiger partial charge in [-0.15, -0.1) is 0 Å². The highest BCUT2D eigenvalue weighted by atomic mass is 79.9. The summed E-state index contributed by atoms with van der Waals surface area (Å²) in [6.07, 6.45) is 0. The standard InChI is InChI=1S/C18H15BrFN/c1-12(21-18-11-16(19)8-9-17(18)20)14-7-6-13-4-2-3-5-15(13)10-14/h2-12,21H,1H3. The van der Waals surface area contributed by atoms with E-state index in [9.17, 15) is 4.39 Å². The summed E-state index contributed by atoms with van der Waals surface area (Å²) in [6, 6.07) is 19.5. The molecule has 0 heterocycles. The van der Waals surface area contributed by atoms with E-state index in [-0.39, 0.29) is 11.9 Å². The summed E-state index contributed by atoms with van der Waals surface area (Å²) >= 11 is 3.37. The van der Waals surface area contributed by atoms with Crippen molar-refractivity contribution in [1.29, 1.82) is 0 Å². The molecular formula is C18H15BrFN. The molecule has 0 fully saturated rings. The van der Waals surface area contributed by atoms with Crippen molar-refractivity contribution in [1.82, 2.24) is 0 Å². The average Bonchev–Trinajstić information content (AvgIpc) is 2.50. The van der Waals surface area contributed by atoms with Gasteiger partial charge in [0.25, 0.3) is 0 Å². The second-order valence-corrected chi connectivity index (χ2v) is 6.01. The molecule has 0 radical (unpaired) electrons. The number of hydrogen-bond acceptors (Lipinski definition) is 1. The summed E-state index contributed by atoms with van der Waals surface area (Å²) in [6.45, 7) is 2.03. The Hall–Kier alpha value is -1.87. The summed E-state index contributed by atoms with van der Waals surface area (Å²) in [7, 11) is 0. The van der Waals surface area contributed by atoms with Crippen molar-refractivity contribution >= 4 is 32.4 Å². The first-order valence-corrected chi connectivity index (χ1v) is 7.63. The van der Waals surface area contributed by atoms with E-state index in [0.29, 0.717) is 5.69 Å². The zero-order chi connectivity index (χ0) is 14.8. The minimum Gasteiger partial charge on any atom is -0.376 e. The van der Waals surface area contributed by atoms with Crippen LogP contribution in [0.5, 0.6) is 0 Å². The third kappa shape index (κ3) is 3.08. The number of fused-ring (bicyclic) bond motifs is 1. The molecule has 0 aliphatic carbocycles. The van der Waals surface area contributed by atoms with E-state index in [0.717, 1.165) is 10.0 Å². The molecule has 3 aromatic carbocycles. The van der Waals surface area contributed by atoms with Crippen molar-refractivity contribution in [2.45, 2.75) is 13.0 Å². The van der Waals surface area contributed by atoms with Crippen molar-refractivity contribution in [3.05, 3.63) is 76.5 Å². The molecule has 1 N–H and O–H groups in total. The minimum absolute atomic E-state index is 0.0263. The topological polar surface area (TPSA) is 12.0 Å². The maximum absolute atomic E-state index is 13.8. The summed E-state index contributed by atoms with van der Waals surface area (Å²) in [5, 5.41) is 5.63. The highest BCUT2D eigenvalue weighted by Crippen LogP contribution is 2.26. The van der Waals surface area contributed by atoms with Crippen LogP contribution in [-0.4, -0.2) is 0 Å². The van der Waals surface area contributed by atoms with Gasteiger partial charge in [-0.2, -0.15) is 0 Å². The summed E-state index contributed by atoms with van der Waals surface area (Å²) in [5.74, 6) is -0.245. The first-order valence-electron chi connectivity index (χ1n) is 6.84. The van der Waals surface area contributed by atoms with Gasteiger partial charge in [0, 0.05) is 10.5 Å². The van der Waals surface area contributed by atoms with Gasteiger partial charge >= 0.3 is 0 Å². The first-order chi connectivity index (χ1) is 10.1. The van der Waals surface area contributed by atoms with E-state index < -0.39 is 0 Å². The Bertz CT molecular complexity index is 785. The first kappa shape index (κ1) is 14.1. The van der Waals surface area contributed by atoms with Gasteiger partial charge in [0.15, 0.2) is 0 Å². The second kappa shape index (κ2) is 5.86. The molecule has 3 rings (SSSR count). The summed E-state index contributed by atoms with van der Waals surface area (Å²) < 4.78 is 14.7. The number of nitrogens with one attached hydrogen (secondary N) is 1. The normalized spacial score (nSPS) is 12.3. The fourth-order valence-electron chi connectivity index (χ4n) is 2.40. The molecule has 0 amide bonds. The molecule has 1 unspecified atom stereocenters. The Morgan fingerprint density at radius 1 is 0.952 bits per heavy atom. The lowest BCUT2D eigenvalue weighted by Crippen LogP contribution is -2.08. The van der Waals surface area contributed by atoms with Crippen LogP contribution in [-0.2, 0) is 0 Å². The Morgan fingerprint density at radius 2 is 1.71 bits per heavy atom. The van der Waals surface area contributed by atoms with Gasteiger partial charge in [-0.05, 0) is 47.5 Å². The van der Waals surface area contributed by atoms with Crippen LogP contribution in [0.2, 0.25) is 0 Å². The molecule has 21 heavy (non-hydrogen) atoms.